The minimum Gasteiger partial charge on any atom is -0.399 e. The van der Waals surface area contributed by atoms with Crippen molar-refractivity contribution in [3.63, 3.8) is 0 Å². The second-order valence-corrected chi connectivity index (χ2v) is 5.88. The molecular weight excluding hydrogens is 244 g/mol. The number of nitrogen functional groups attached to an aromatic ring is 2. The van der Waals surface area contributed by atoms with E-state index in [1.807, 2.05) is 24.3 Å². The molecule has 0 heterocycles. The fourth-order valence-electron chi connectivity index (χ4n) is 3.30. The zero-order valence-electron chi connectivity index (χ0n) is 11.8. The monoisotopic (exact) mass is 266 g/mol. The highest BCUT2D eigenvalue weighted by molar-refractivity contribution is 5.41. The van der Waals surface area contributed by atoms with Crippen LogP contribution >= 0.6 is 0 Å². The highest BCUT2D eigenvalue weighted by atomic mass is 14.5. The lowest BCUT2D eigenvalue weighted by Gasteiger charge is -2.29. The summed E-state index contributed by atoms with van der Waals surface area (Å²) in [5.74, 6) is 1.39. The Morgan fingerprint density at radius 1 is 0.550 bits per heavy atom. The predicted molar refractivity (Wildman–Crippen MR) is 85.7 cm³/mol. The van der Waals surface area contributed by atoms with Crippen LogP contribution in [0.25, 0.3) is 0 Å². The van der Waals surface area contributed by atoms with Crippen molar-refractivity contribution < 1.29 is 0 Å². The Hall–Kier alpha value is -1.96. The first kappa shape index (κ1) is 13.0. The molecule has 2 aromatic rings. The van der Waals surface area contributed by atoms with Crippen molar-refractivity contribution in [1.82, 2.24) is 0 Å². The average molecular weight is 266 g/mol. The predicted octanol–water partition coefficient (Wildman–Crippen LogP) is 4.29. The molecule has 20 heavy (non-hydrogen) atoms. The van der Waals surface area contributed by atoms with Crippen molar-refractivity contribution in [3.8, 4) is 0 Å². The Bertz CT molecular complexity index is 495. The van der Waals surface area contributed by atoms with Crippen molar-refractivity contribution in [2.24, 2.45) is 0 Å². The summed E-state index contributed by atoms with van der Waals surface area (Å²) in [4.78, 5) is 0. The minimum atomic E-state index is 0.695. The summed E-state index contributed by atoms with van der Waals surface area (Å²) in [5.41, 5.74) is 16.1. The van der Waals surface area contributed by atoms with Crippen molar-refractivity contribution in [2.45, 2.75) is 37.5 Å². The van der Waals surface area contributed by atoms with Gasteiger partial charge in [0.1, 0.15) is 0 Å². The molecule has 1 aliphatic rings. The van der Waals surface area contributed by atoms with Gasteiger partial charge in [-0.2, -0.15) is 0 Å². The van der Waals surface area contributed by atoms with E-state index in [2.05, 4.69) is 24.3 Å². The molecule has 0 radical (unpaired) electrons. The summed E-state index contributed by atoms with van der Waals surface area (Å²) in [6.07, 6.45) is 5.05. The lowest BCUT2D eigenvalue weighted by atomic mass is 9.76. The maximum Gasteiger partial charge on any atom is 0.0314 e. The third-order valence-corrected chi connectivity index (χ3v) is 4.54. The van der Waals surface area contributed by atoms with Crippen LogP contribution in [0.3, 0.4) is 0 Å². The van der Waals surface area contributed by atoms with Crippen molar-refractivity contribution in [2.75, 3.05) is 11.5 Å². The standard InChI is InChI=1S/C18H22N2/c19-17-9-5-15(6-10-17)13-1-2-14(4-3-13)16-7-11-18(20)12-8-16/h5-14H,1-4,19-20H2/t13-,14-. The molecule has 0 bridgehead atoms. The maximum absolute atomic E-state index is 5.76. The first-order valence-electron chi connectivity index (χ1n) is 7.43. The zero-order chi connectivity index (χ0) is 13.9. The van der Waals surface area contributed by atoms with Crippen LogP contribution in [-0.2, 0) is 0 Å². The van der Waals surface area contributed by atoms with Crippen LogP contribution in [0.15, 0.2) is 48.5 Å². The quantitative estimate of drug-likeness (QED) is 0.796. The lowest BCUT2D eigenvalue weighted by Crippen LogP contribution is -2.12. The van der Waals surface area contributed by atoms with E-state index in [-0.39, 0.29) is 0 Å². The first-order chi connectivity index (χ1) is 9.72. The van der Waals surface area contributed by atoms with Crippen molar-refractivity contribution >= 4 is 11.4 Å². The molecule has 0 amide bonds. The van der Waals surface area contributed by atoms with E-state index < -0.39 is 0 Å². The Morgan fingerprint density at radius 2 is 0.850 bits per heavy atom. The van der Waals surface area contributed by atoms with Gasteiger partial charge < -0.3 is 11.5 Å². The van der Waals surface area contributed by atoms with Crippen LogP contribution in [-0.4, -0.2) is 0 Å². The number of anilines is 2. The Balaban J connectivity index is 1.64. The summed E-state index contributed by atoms with van der Waals surface area (Å²) >= 11 is 0. The number of hydrogen-bond donors (Lipinski definition) is 2. The number of rotatable bonds is 2. The Morgan fingerprint density at radius 3 is 1.15 bits per heavy atom. The fraction of sp³-hybridized carbons (Fsp3) is 0.333. The molecule has 2 heteroatoms. The SMILES string of the molecule is Nc1ccc([C@H]2CC[C@H](c3ccc(N)cc3)CC2)cc1. The topological polar surface area (TPSA) is 52.0 Å². The lowest BCUT2D eigenvalue weighted by molar-refractivity contribution is 0.396. The molecule has 1 aliphatic carbocycles. The number of benzene rings is 2. The van der Waals surface area contributed by atoms with Crippen LogP contribution < -0.4 is 11.5 Å². The van der Waals surface area contributed by atoms with E-state index in [0.717, 1.165) is 11.4 Å². The van der Waals surface area contributed by atoms with E-state index in [0.29, 0.717) is 11.8 Å². The zero-order valence-corrected chi connectivity index (χ0v) is 11.8. The second kappa shape index (κ2) is 5.58. The van der Waals surface area contributed by atoms with Gasteiger partial charge >= 0.3 is 0 Å². The summed E-state index contributed by atoms with van der Waals surface area (Å²) in [6.45, 7) is 0. The van der Waals surface area contributed by atoms with Gasteiger partial charge in [0.2, 0.25) is 0 Å². The molecule has 2 aromatic carbocycles. The normalized spacial score (nSPS) is 22.6. The van der Waals surface area contributed by atoms with E-state index in [9.17, 15) is 0 Å². The molecule has 0 aliphatic heterocycles. The Kier molecular flexibility index (Phi) is 3.64. The van der Waals surface area contributed by atoms with E-state index in [4.69, 9.17) is 11.5 Å². The van der Waals surface area contributed by atoms with Gasteiger partial charge in [-0.25, -0.2) is 0 Å². The van der Waals surface area contributed by atoms with Crippen molar-refractivity contribution in [3.05, 3.63) is 59.7 Å². The maximum atomic E-state index is 5.76. The van der Waals surface area contributed by atoms with Crippen LogP contribution in [0.4, 0.5) is 11.4 Å². The summed E-state index contributed by atoms with van der Waals surface area (Å²) in [6, 6.07) is 16.8. The largest absolute Gasteiger partial charge is 0.399 e. The third-order valence-electron chi connectivity index (χ3n) is 4.54. The summed E-state index contributed by atoms with van der Waals surface area (Å²) in [5, 5.41) is 0. The van der Waals surface area contributed by atoms with Crippen LogP contribution in [0.2, 0.25) is 0 Å². The smallest absolute Gasteiger partial charge is 0.0314 e. The van der Waals surface area contributed by atoms with E-state index >= 15 is 0 Å². The van der Waals surface area contributed by atoms with E-state index in [1.54, 1.807) is 0 Å². The molecular formula is C18H22N2. The Labute approximate surface area is 120 Å². The summed E-state index contributed by atoms with van der Waals surface area (Å²) in [7, 11) is 0. The molecule has 2 nitrogen and oxygen atoms in total. The number of nitrogens with two attached hydrogens (primary N) is 2. The second-order valence-electron chi connectivity index (χ2n) is 5.88. The third kappa shape index (κ3) is 2.79. The van der Waals surface area contributed by atoms with Gasteiger partial charge in [-0.05, 0) is 72.9 Å². The fourth-order valence-corrected chi connectivity index (χ4v) is 3.30. The van der Waals surface area contributed by atoms with Gasteiger partial charge in [-0.1, -0.05) is 24.3 Å². The van der Waals surface area contributed by atoms with Gasteiger partial charge in [0.25, 0.3) is 0 Å². The van der Waals surface area contributed by atoms with Gasteiger partial charge in [0, 0.05) is 11.4 Å². The van der Waals surface area contributed by atoms with Crippen LogP contribution in [0.1, 0.15) is 48.6 Å². The highest BCUT2D eigenvalue weighted by Crippen LogP contribution is 2.40. The van der Waals surface area contributed by atoms with Crippen LogP contribution in [0.5, 0.6) is 0 Å². The van der Waals surface area contributed by atoms with Gasteiger partial charge in [-0.15, -0.1) is 0 Å². The molecule has 4 N–H and O–H groups in total. The molecule has 0 aromatic heterocycles. The molecule has 1 saturated carbocycles. The molecule has 0 spiro atoms. The number of hydrogen-bond acceptors (Lipinski definition) is 2. The average Bonchev–Trinajstić information content (AvgIpc) is 2.49. The molecule has 104 valence electrons. The van der Waals surface area contributed by atoms with Crippen molar-refractivity contribution in [1.29, 1.82) is 0 Å². The van der Waals surface area contributed by atoms with Gasteiger partial charge in [0.15, 0.2) is 0 Å². The molecule has 0 saturated heterocycles. The molecule has 0 unspecified atom stereocenters. The van der Waals surface area contributed by atoms with Crippen LogP contribution in [0, 0.1) is 0 Å². The molecule has 0 atom stereocenters. The van der Waals surface area contributed by atoms with E-state index in [1.165, 1.54) is 36.8 Å². The molecule has 3 rings (SSSR count). The highest BCUT2D eigenvalue weighted by Gasteiger charge is 2.23. The van der Waals surface area contributed by atoms with Gasteiger partial charge in [-0.3, -0.25) is 0 Å². The molecule has 1 fully saturated rings. The summed E-state index contributed by atoms with van der Waals surface area (Å²) < 4.78 is 0. The minimum absolute atomic E-state index is 0.695. The first-order valence-corrected chi connectivity index (χ1v) is 7.43. The van der Waals surface area contributed by atoms with Gasteiger partial charge in [0.05, 0.1) is 0 Å².